The van der Waals surface area contributed by atoms with Crippen LogP contribution in [0.1, 0.15) is 12.5 Å². The second-order valence-corrected chi connectivity index (χ2v) is 5.79. The fourth-order valence-corrected chi connectivity index (χ4v) is 2.42. The summed E-state index contributed by atoms with van der Waals surface area (Å²) in [4.78, 5) is 16.5. The first-order chi connectivity index (χ1) is 13.5. The molecule has 0 unspecified atom stereocenters. The Bertz CT molecular complexity index is 833. The number of hydrogen-bond donors (Lipinski definition) is 3. The zero-order chi connectivity index (χ0) is 20.4. The van der Waals surface area contributed by atoms with Crippen molar-refractivity contribution in [2.75, 3.05) is 32.6 Å². The quantitative estimate of drug-likeness (QED) is 0.285. The number of benzene rings is 2. The molecule has 2 aromatic carbocycles. The van der Waals surface area contributed by atoms with Crippen LogP contribution in [0, 0.1) is 5.82 Å². The van der Waals surface area contributed by atoms with Gasteiger partial charge in [0.05, 0.1) is 27.3 Å². The highest BCUT2D eigenvalue weighted by molar-refractivity contribution is 14.0. The number of ether oxygens (including phenoxy) is 2. The van der Waals surface area contributed by atoms with E-state index in [-0.39, 0.29) is 36.4 Å². The van der Waals surface area contributed by atoms with E-state index in [9.17, 15) is 9.18 Å². The summed E-state index contributed by atoms with van der Waals surface area (Å²) >= 11 is 0. The van der Waals surface area contributed by atoms with Crippen molar-refractivity contribution in [1.82, 2.24) is 10.6 Å². The molecule has 7 nitrogen and oxygen atoms in total. The summed E-state index contributed by atoms with van der Waals surface area (Å²) in [6.07, 6.45) is 0. The molecule has 0 radical (unpaired) electrons. The largest absolute Gasteiger partial charge is 0.497 e. The third-order valence-corrected chi connectivity index (χ3v) is 3.77. The number of amides is 1. The van der Waals surface area contributed by atoms with Crippen molar-refractivity contribution < 1.29 is 18.7 Å². The van der Waals surface area contributed by atoms with E-state index in [2.05, 4.69) is 20.9 Å². The average molecular weight is 516 g/mol. The minimum absolute atomic E-state index is 0. The summed E-state index contributed by atoms with van der Waals surface area (Å²) < 4.78 is 23.7. The van der Waals surface area contributed by atoms with E-state index < -0.39 is 5.82 Å². The van der Waals surface area contributed by atoms with Crippen molar-refractivity contribution in [1.29, 1.82) is 0 Å². The van der Waals surface area contributed by atoms with Gasteiger partial charge in [-0.3, -0.25) is 4.79 Å². The van der Waals surface area contributed by atoms with Crippen molar-refractivity contribution >= 4 is 41.5 Å². The van der Waals surface area contributed by atoms with Crippen molar-refractivity contribution in [2.45, 2.75) is 13.5 Å². The van der Waals surface area contributed by atoms with Crippen molar-refractivity contribution in [3.05, 3.63) is 53.8 Å². The Morgan fingerprint density at radius 2 is 1.90 bits per heavy atom. The number of halogens is 2. The minimum Gasteiger partial charge on any atom is -0.497 e. The van der Waals surface area contributed by atoms with Gasteiger partial charge in [-0.1, -0.05) is 6.07 Å². The fraction of sp³-hybridized carbons (Fsp3) is 0.300. The summed E-state index contributed by atoms with van der Waals surface area (Å²) in [6.45, 7) is 2.91. The molecule has 0 saturated carbocycles. The first-order valence-corrected chi connectivity index (χ1v) is 8.84. The van der Waals surface area contributed by atoms with Gasteiger partial charge in [0.2, 0.25) is 5.91 Å². The Morgan fingerprint density at radius 3 is 2.55 bits per heavy atom. The Balaban J connectivity index is 0.00000420. The van der Waals surface area contributed by atoms with Gasteiger partial charge in [0.15, 0.2) is 5.96 Å². The van der Waals surface area contributed by atoms with Crippen LogP contribution in [0.3, 0.4) is 0 Å². The molecule has 0 aromatic heterocycles. The van der Waals surface area contributed by atoms with E-state index in [1.54, 1.807) is 26.4 Å². The summed E-state index contributed by atoms with van der Waals surface area (Å²) in [5, 5.41) is 8.65. The van der Waals surface area contributed by atoms with Crippen molar-refractivity contribution in [2.24, 2.45) is 4.99 Å². The molecule has 9 heteroatoms. The highest BCUT2D eigenvalue weighted by Crippen LogP contribution is 2.25. The van der Waals surface area contributed by atoms with Gasteiger partial charge in [0, 0.05) is 23.9 Å². The molecule has 0 fully saturated rings. The third kappa shape index (κ3) is 8.14. The van der Waals surface area contributed by atoms with Crippen LogP contribution in [-0.4, -0.2) is 39.2 Å². The minimum atomic E-state index is -0.408. The molecule has 0 atom stereocenters. The molecule has 0 aliphatic rings. The van der Waals surface area contributed by atoms with Crippen LogP contribution in [0.15, 0.2) is 47.5 Å². The number of nitrogens with one attached hydrogen (secondary N) is 3. The first kappa shape index (κ1) is 24.5. The monoisotopic (exact) mass is 516 g/mol. The predicted octanol–water partition coefficient (Wildman–Crippen LogP) is 3.15. The predicted molar refractivity (Wildman–Crippen MR) is 123 cm³/mol. The van der Waals surface area contributed by atoms with Gasteiger partial charge in [-0.2, -0.15) is 0 Å². The SMILES string of the molecule is CCNC(=NCc1ccc(OC)cc1OC)NCC(=O)Nc1cccc(F)c1.I. The van der Waals surface area contributed by atoms with Crippen LogP contribution >= 0.6 is 24.0 Å². The number of carbonyl (C=O) groups excluding carboxylic acids is 1. The van der Waals surface area contributed by atoms with Gasteiger partial charge >= 0.3 is 0 Å². The Labute approximate surface area is 187 Å². The molecule has 0 aliphatic carbocycles. The topological polar surface area (TPSA) is 84.0 Å². The van der Waals surface area contributed by atoms with Crippen LogP contribution in [0.25, 0.3) is 0 Å². The standard InChI is InChI=1S/C20H25FN4O3.HI/c1-4-22-20(23-12-14-8-9-17(27-2)11-18(14)28-3)24-13-19(26)25-16-7-5-6-15(21)10-16;/h5-11H,4,12-13H2,1-3H3,(H,25,26)(H2,22,23,24);1H. The third-order valence-electron chi connectivity index (χ3n) is 3.77. The molecule has 0 spiro atoms. The second-order valence-electron chi connectivity index (χ2n) is 5.79. The van der Waals surface area contributed by atoms with Crippen molar-refractivity contribution in [3.8, 4) is 11.5 Å². The smallest absolute Gasteiger partial charge is 0.243 e. The number of nitrogens with zero attached hydrogens (tertiary/aromatic N) is 1. The molecule has 0 heterocycles. The number of carbonyl (C=O) groups is 1. The van der Waals surface area contributed by atoms with Crippen LogP contribution < -0.4 is 25.4 Å². The van der Waals surface area contributed by atoms with Crippen LogP contribution in [0.4, 0.5) is 10.1 Å². The van der Waals surface area contributed by atoms with Gasteiger partial charge in [0.25, 0.3) is 0 Å². The molecule has 1 amide bonds. The van der Waals surface area contributed by atoms with Gasteiger partial charge in [0.1, 0.15) is 17.3 Å². The molecular formula is C20H26FIN4O3. The van der Waals surface area contributed by atoms with Gasteiger partial charge in [-0.05, 0) is 37.3 Å². The first-order valence-electron chi connectivity index (χ1n) is 8.84. The second kappa shape index (κ2) is 12.8. The van der Waals surface area contributed by atoms with E-state index in [4.69, 9.17) is 9.47 Å². The number of anilines is 1. The fourth-order valence-electron chi connectivity index (χ4n) is 2.42. The lowest BCUT2D eigenvalue weighted by molar-refractivity contribution is -0.115. The number of rotatable bonds is 8. The zero-order valence-electron chi connectivity index (χ0n) is 16.6. The number of methoxy groups -OCH3 is 2. The maximum absolute atomic E-state index is 13.2. The molecule has 2 rings (SSSR count). The number of guanidine groups is 1. The lowest BCUT2D eigenvalue weighted by atomic mass is 10.2. The summed E-state index contributed by atoms with van der Waals surface area (Å²) in [5.41, 5.74) is 1.28. The highest BCUT2D eigenvalue weighted by Gasteiger charge is 2.07. The summed E-state index contributed by atoms with van der Waals surface area (Å²) in [6, 6.07) is 11.2. The Hall–Kier alpha value is -2.56. The maximum Gasteiger partial charge on any atom is 0.243 e. The normalized spacial score (nSPS) is 10.6. The number of hydrogen-bond acceptors (Lipinski definition) is 4. The van der Waals surface area contributed by atoms with E-state index in [0.717, 1.165) is 5.56 Å². The molecule has 0 saturated heterocycles. The summed E-state index contributed by atoms with van der Waals surface area (Å²) in [5.74, 6) is 1.13. The molecular weight excluding hydrogens is 490 g/mol. The molecule has 158 valence electrons. The van der Waals surface area contributed by atoms with Crippen LogP contribution in [-0.2, 0) is 11.3 Å². The van der Waals surface area contributed by atoms with E-state index in [1.807, 2.05) is 19.1 Å². The number of aliphatic imine (C=N–C) groups is 1. The molecule has 3 N–H and O–H groups in total. The van der Waals surface area contributed by atoms with Gasteiger partial charge in [-0.15, -0.1) is 24.0 Å². The Kier molecular flexibility index (Phi) is 10.8. The van der Waals surface area contributed by atoms with Gasteiger partial charge in [-0.25, -0.2) is 9.38 Å². The van der Waals surface area contributed by atoms with E-state index in [0.29, 0.717) is 36.2 Å². The van der Waals surface area contributed by atoms with Crippen LogP contribution in [0.5, 0.6) is 11.5 Å². The summed E-state index contributed by atoms with van der Waals surface area (Å²) in [7, 11) is 3.18. The highest BCUT2D eigenvalue weighted by atomic mass is 127. The van der Waals surface area contributed by atoms with E-state index >= 15 is 0 Å². The molecule has 0 aliphatic heterocycles. The molecule has 2 aromatic rings. The maximum atomic E-state index is 13.2. The van der Waals surface area contributed by atoms with Gasteiger partial charge < -0.3 is 25.4 Å². The molecule has 29 heavy (non-hydrogen) atoms. The lowest BCUT2D eigenvalue weighted by Gasteiger charge is -2.13. The van der Waals surface area contributed by atoms with E-state index in [1.165, 1.54) is 18.2 Å². The molecule has 0 bridgehead atoms. The van der Waals surface area contributed by atoms with Crippen LogP contribution in [0.2, 0.25) is 0 Å². The lowest BCUT2D eigenvalue weighted by Crippen LogP contribution is -2.41. The average Bonchev–Trinajstić information content (AvgIpc) is 2.70. The van der Waals surface area contributed by atoms with Crippen molar-refractivity contribution in [3.63, 3.8) is 0 Å². The Morgan fingerprint density at radius 1 is 1.10 bits per heavy atom. The zero-order valence-corrected chi connectivity index (χ0v) is 19.0.